The van der Waals surface area contributed by atoms with Crippen molar-refractivity contribution < 1.29 is 0 Å². The van der Waals surface area contributed by atoms with E-state index in [9.17, 15) is 0 Å². The Balaban J connectivity index is 1.55. The van der Waals surface area contributed by atoms with Crippen LogP contribution >= 0.6 is 0 Å². The van der Waals surface area contributed by atoms with E-state index in [0.717, 1.165) is 0 Å². The van der Waals surface area contributed by atoms with Gasteiger partial charge < -0.3 is 0 Å². The Hall–Kier alpha value is -5.46. The Labute approximate surface area is 267 Å². The summed E-state index contributed by atoms with van der Waals surface area (Å²) in [4.78, 5) is 0. The van der Waals surface area contributed by atoms with Crippen LogP contribution in [-0.2, 0) is 0 Å². The molecule has 0 fully saturated rings. The maximum atomic E-state index is 2.41. The number of hydrogen-bond donors (Lipinski definition) is 0. The Kier molecular flexibility index (Phi) is 5.08. The Morgan fingerprint density at radius 1 is 0.261 bits per heavy atom. The van der Waals surface area contributed by atoms with Gasteiger partial charge in [-0.2, -0.15) is 0 Å². The fourth-order valence-electron chi connectivity index (χ4n) is 8.63. The minimum absolute atomic E-state index is 1.29. The molecule has 0 saturated carbocycles. The van der Waals surface area contributed by atoms with Crippen molar-refractivity contribution in [3.8, 4) is 11.1 Å². The van der Waals surface area contributed by atoms with Crippen LogP contribution in [0.5, 0.6) is 0 Å². The average molecular weight is 585 g/mol. The number of aryl methyl sites for hydroxylation is 4. The molecule has 0 aromatic heterocycles. The van der Waals surface area contributed by atoms with Crippen molar-refractivity contribution in [3.63, 3.8) is 0 Å². The first-order valence-corrected chi connectivity index (χ1v) is 16.3. The quantitative estimate of drug-likeness (QED) is 0.133. The lowest BCUT2D eigenvalue weighted by molar-refractivity contribution is 1.50. The van der Waals surface area contributed by atoms with E-state index in [4.69, 9.17) is 0 Å². The number of rotatable bonds is 1. The summed E-state index contributed by atoms with van der Waals surface area (Å²) in [7, 11) is 0. The third-order valence-electron chi connectivity index (χ3n) is 10.5. The maximum Gasteiger partial charge on any atom is -0.000741 e. The summed E-state index contributed by atoms with van der Waals surface area (Å²) in [5, 5.41) is 21.3. The molecule has 0 radical (unpaired) electrons. The summed E-state index contributed by atoms with van der Waals surface area (Å²) in [5.74, 6) is 0. The van der Waals surface area contributed by atoms with Gasteiger partial charge in [-0.3, -0.25) is 0 Å². The van der Waals surface area contributed by atoms with E-state index in [0.29, 0.717) is 0 Å². The van der Waals surface area contributed by atoms with Crippen LogP contribution in [0.25, 0.3) is 97.3 Å². The number of fused-ring (bicyclic) bond motifs is 8. The molecule has 0 unspecified atom stereocenters. The molecular weight excluding hydrogens is 553 g/mol. The summed E-state index contributed by atoms with van der Waals surface area (Å²) in [5.41, 5.74) is 7.84. The van der Waals surface area contributed by atoms with Gasteiger partial charge in [-0.05, 0) is 143 Å². The predicted molar refractivity (Wildman–Crippen MR) is 202 cm³/mol. The molecule has 0 N–H and O–H groups in total. The highest BCUT2D eigenvalue weighted by atomic mass is 14.3. The number of hydrogen-bond acceptors (Lipinski definition) is 0. The fraction of sp³-hybridized carbons (Fsp3) is 0.0870. The van der Waals surface area contributed by atoms with Gasteiger partial charge in [-0.25, -0.2) is 0 Å². The lowest BCUT2D eigenvalue weighted by Gasteiger charge is -2.23. The zero-order chi connectivity index (χ0) is 30.8. The summed E-state index contributed by atoms with van der Waals surface area (Å²) in [6.07, 6.45) is 0. The highest BCUT2D eigenvalue weighted by Gasteiger charge is 2.23. The maximum absolute atomic E-state index is 2.41. The van der Waals surface area contributed by atoms with Gasteiger partial charge in [0.05, 0.1) is 0 Å². The lowest BCUT2D eigenvalue weighted by atomic mass is 9.80. The van der Waals surface area contributed by atoms with E-state index in [2.05, 4.69) is 149 Å². The molecule has 10 aromatic carbocycles. The third kappa shape index (κ3) is 3.39. The minimum Gasteiger partial charge on any atom is -0.0616 e. The van der Waals surface area contributed by atoms with Crippen LogP contribution in [0, 0.1) is 27.7 Å². The van der Waals surface area contributed by atoms with Crippen molar-refractivity contribution >= 4 is 86.2 Å². The normalized spacial score (nSPS) is 12.3. The zero-order valence-corrected chi connectivity index (χ0v) is 26.5. The van der Waals surface area contributed by atoms with Crippen LogP contribution in [0.4, 0.5) is 0 Å². The molecule has 10 rings (SSSR count). The summed E-state index contributed by atoms with van der Waals surface area (Å²) in [6, 6.07) is 46.7. The molecule has 10 aromatic rings. The van der Waals surface area contributed by atoms with Crippen molar-refractivity contribution in [2.75, 3.05) is 0 Å². The van der Waals surface area contributed by atoms with Crippen LogP contribution in [0.2, 0.25) is 0 Å². The molecule has 0 aliphatic heterocycles. The van der Waals surface area contributed by atoms with Gasteiger partial charge in [0.25, 0.3) is 0 Å². The summed E-state index contributed by atoms with van der Waals surface area (Å²) < 4.78 is 0. The highest BCUT2D eigenvalue weighted by Crippen LogP contribution is 2.51. The highest BCUT2D eigenvalue weighted by molar-refractivity contribution is 6.44. The predicted octanol–water partition coefficient (Wildman–Crippen LogP) is 13.3. The van der Waals surface area contributed by atoms with E-state index in [1.807, 2.05) is 0 Å². The van der Waals surface area contributed by atoms with Gasteiger partial charge in [0.2, 0.25) is 0 Å². The van der Waals surface area contributed by atoms with Crippen molar-refractivity contribution in [3.05, 3.63) is 144 Å². The smallest absolute Gasteiger partial charge is 0.000741 e. The Morgan fingerprint density at radius 2 is 0.739 bits per heavy atom. The Bertz CT molecular complexity index is 2880. The van der Waals surface area contributed by atoms with Crippen molar-refractivity contribution in [2.45, 2.75) is 27.7 Å². The summed E-state index contributed by atoms with van der Waals surface area (Å²) >= 11 is 0. The molecule has 0 saturated heterocycles. The molecule has 0 bridgehead atoms. The van der Waals surface area contributed by atoms with Crippen LogP contribution in [0.1, 0.15) is 22.3 Å². The van der Waals surface area contributed by atoms with Gasteiger partial charge in [0.1, 0.15) is 0 Å². The summed E-state index contributed by atoms with van der Waals surface area (Å²) in [6.45, 7) is 8.84. The largest absolute Gasteiger partial charge is 0.0616 e. The van der Waals surface area contributed by atoms with E-state index < -0.39 is 0 Å². The fourth-order valence-corrected chi connectivity index (χ4v) is 8.63. The van der Waals surface area contributed by atoms with E-state index >= 15 is 0 Å². The minimum atomic E-state index is 1.29. The van der Waals surface area contributed by atoms with Crippen molar-refractivity contribution in [1.82, 2.24) is 0 Å². The van der Waals surface area contributed by atoms with E-state index in [1.165, 1.54) is 120 Å². The molecule has 0 heteroatoms. The first-order chi connectivity index (χ1) is 22.4. The molecular formula is C46H32. The lowest BCUT2D eigenvalue weighted by Crippen LogP contribution is -1.95. The molecule has 0 amide bonds. The average Bonchev–Trinajstić information content (AvgIpc) is 3.04. The second-order valence-corrected chi connectivity index (χ2v) is 13.6. The topological polar surface area (TPSA) is 0 Å². The molecule has 0 aliphatic rings. The second-order valence-electron chi connectivity index (χ2n) is 13.6. The van der Waals surface area contributed by atoms with Crippen molar-refractivity contribution in [2.24, 2.45) is 0 Å². The molecule has 46 heavy (non-hydrogen) atoms. The standard InChI is InChI=1S/C46H32/c1-25-12-15-33-29(18-25)23-30-19-26(2)13-16-34(30)42(33)43-36-8-5-6-9-37(36)46-44-38(10-7-11-39(43)44)40-22-28(4)21-32-24-31-20-27(3)14-17-35(31)45(46)41(32)40/h5-24H,1-4H3. The van der Waals surface area contributed by atoms with Crippen LogP contribution in [-0.4, -0.2) is 0 Å². The molecule has 0 aliphatic carbocycles. The van der Waals surface area contributed by atoms with E-state index in [-0.39, 0.29) is 0 Å². The third-order valence-corrected chi connectivity index (χ3v) is 10.5. The van der Waals surface area contributed by atoms with Crippen LogP contribution in [0.3, 0.4) is 0 Å². The molecule has 0 nitrogen and oxygen atoms in total. The molecule has 216 valence electrons. The molecule has 0 atom stereocenters. The first-order valence-electron chi connectivity index (χ1n) is 16.3. The van der Waals surface area contributed by atoms with Gasteiger partial charge in [-0.1, -0.05) is 126 Å². The zero-order valence-electron chi connectivity index (χ0n) is 26.5. The molecule has 0 spiro atoms. The van der Waals surface area contributed by atoms with Crippen molar-refractivity contribution in [1.29, 1.82) is 0 Å². The van der Waals surface area contributed by atoms with Gasteiger partial charge in [0.15, 0.2) is 0 Å². The monoisotopic (exact) mass is 584 g/mol. The SMILES string of the molecule is Cc1ccc2c(-c3c4ccccc4c4c5c3cccc5c3cc(C)cc5cc6cc(C)ccc6c4c53)c3ccc(C)cc3cc2c1. The van der Waals surface area contributed by atoms with Gasteiger partial charge in [-0.15, -0.1) is 0 Å². The van der Waals surface area contributed by atoms with E-state index in [1.54, 1.807) is 0 Å². The Morgan fingerprint density at radius 3 is 1.43 bits per heavy atom. The van der Waals surface area contributed by atoms with Gasteiger partial charge in [0, 0.05) is 0 Å². The van der Waals surface area contributed by atoms with Crippen LogP contribution in [0.15, 0.2) is 121 Å². The van der Waals surface area contributed by atoms with Crippen LogP contribution < -0.4 is 0 Å². The van der Waals surface area contributed by atoms with Gasteiger partial charge >= 0.3 is 0 Å². The first kappa shape index (κ1) is 25.8. The second kappa shape index (κ2) is 9.05. The number of benzene rings is 10. The molecule has 0 heterocycles.